The number of thioether (sulfide) groups is 1. The number of hydrogen-bond donors (Lipinski definition) is 1. The van der Waals surface area contributed by atoms with Crippen LogP contribution in [-0.4, -0.2) is 41.4 Å². The van der Waals surface area contributed by atoms with Gasteiger partial charge in [0.1, 0.15) is 12.4 Å². The summed E-state index contributed by atoms with van der Waals surface area (Å²) in [4.78, 5) is 24.6. The second kappa shape index (κ2) is 7.08. The fourth-order valence-corrected chi connectivity index (χ4v) is 3.14. The summed E-state index contributed by atoms with van der Waals surface area (Å²) in [5.74, 6) is 0.575. The van der Waals surface area contributed by atoms with E-state index >= 15 is 0 Å². The number of nitrogens with one attached hydrogen (secondary N) is 1. The number of hydrogen-bond acceptors (Lipinski definition) is 3. The van der Waals surface area contributed by atoms with E-state index < -0.39 is 0 Å². The van der Waals surface area contributed by atoms with E-state index in [1.54, 1.807) is 12.1 Å². The lowest BCUT2D eigenvalue weighted by Gasteiger charge is -2.14. The van der Waals surface area contributed by atoms with Crippen LogP contribution in [0.25, 0.3) is 0 Å². The van der Waals surface area contributed by atoms with Gasteiger partial charge in [-0.05, 0) is 40.0 Å². The van der Waals surface area contributed by atoms with Crippen LogP contribution >= 0.6 is 27.7 Å². The van der Waals surface area contributed by atoms with Gasteiger partial charge in [0.15, 0.2) is 0 Å². The molecule has 20 heavy (non-hydrogen) atoms. The largest absolute Gasteiger partial charge is 0.354 e. The van der Waals surface area contributed by atoms with E-state index in [4.69, 9.17) is 0 Å². The van der Waals surface area contributed by atoms with Crippen LogP contribution in [0.2, 0.25) is 0 Å². The zero-order valence-electron chi connectivity index (χ0n) is 10.7. The predicted octanol–water partition coefficient (Wildman–Crippen LogP) is 1.78. The third-order valence-electron chi connectivity index (χ3n) is 2.88. The van der Waals surface area contributed by atoms with E-state index in [0.717, 1.165) is 5.56 Å². The molecule has 0 spiro atoms. The molecule has 4 nitrogen and oxygen atoms in total. The maximum atomic E-state index is 13.1. The molecule has 1 saturated heterocycles. The van der Waals surface area contributed by atoms with Gasteiger partial charge in [0.05, 0.1) is 16.1 Å². The van der Waals surface area contributed by atoms with E-state index in [9.17, 15) is 14.0 Å². The minimum Gasteiger partial charge on any atom is -0.354 e. The first-order chi connectivity index (χ1) is 9.56. The predicted molar refractivity (Wildman–Crippen MR) is 79.9 cm³/mol. The van der Waals surface area contributed by atoms with Gasteiger partial charge >= 0.3 is 0 Å². The van der Waals surface area contributed by atoms with Crippen molar-refractivity contribution in [3.63, 3.8) is 0 Å². The Morgan fingerprint density at radius 2 is 2.30 bits per heavy atom. The van der Waals surface area contributed by atoms with Gasteiger partial charge in [0, 0.05) is 6.54 Å². The Labute approximate surface area is 129 Å². The van der Waals surface area contributed by atoms with E-state index in [0.29, 0.717) is 29.1 Å². The molecule has 0 aromatic heterocycles. The first kappa shape index (κ1) is 15.3. The number of carbonyl (C=O) groups is 2. The topological polar surface area (TPSA) is 49.4 Å². The fraction of sp³-hybridized carbons (Fsp3) is 0.385. The van der Waals surface area contributed by atoms with Gasteiger partial charge in [0.25, 0.3) is 0 Å². The molecule has 0 radical (unpaired) electrons. The lowest BCUT2D eigenvalue weighted by Crippen LogP contribution is -2.38. The minimum atomic E-state index is -0.303. The summed E-state index contributed by atoms with van der Waals surface area (Å²) in [6.45, 7) is 0.574. The summed E-state index contributed by atoms with van der Waals surface area (Å²) in [7, 11) is 0. The summed E-state index contributed by atoms with van der Waals surface area (Å²) in [5.41, 5.74) is 0.936. The number of carbonyl (C=O) groups excluding carboxylic acids is 2. The SMILES string of the molecule is O=C(CN1CSCC1=O)NCCc1ccc(F)c(Br)c1. The van der Waals surface area contributed by atoms with Crippen molar-refractivity contribution < 1.29 is 14.0 Å². The summed E-state index contributed by atoms with van der Waals surface area (Å²) in [6.07, 6.45) is 0.618. The molecule has 1 aliphatic heterocycles. The van der Waals surface area contributed by atoms with Crippen molar-refractivity contribution in [1.82, 2.24) is 10.2 Å². The molecule has 1 heterocycles. The molecule has 2 rings (SSSR count). The molecular formula is C13H14BrFN2O2S. The zero-order valence-corrected chi connectivity index (χ0v) is 13.1. The smallest absolute Gasteiger partial charge is 0.239 e. The standard InChI is InChI=1S/C13H14BrFN2O2S/c14-10-5-9(1-2-11(10)15)3-4-16-12(18)6-17-8-20-7-13(17)19/h1-2,5H,3-4,6-8H2,(H,16,18). The van der Waals surface area contributed by atoms with Crippen molar-refractivity contribution in [2.75, 3.05) is 24.7 Å². The Hall–Kier alpha value is -1.08. The summed E-state index contributed by atoms with van der Waals surface area (Å²) < 4.78 is 13.5. The second-order valence-electron chi connectivity index (χ2n) is 4.42. The maximum Gasteiger partial charge on any atom is 0.239 e. The molecule has 0 bridgehead atoms. The van der Waals surface area contributed by atoms with Crippen molar-refractivity contribution in [3.05, 3.63) is 34.1 Å². The fourth-order valence-electron chi connectivity index (χ4n) is 1.81. The summed E-state index contributed by atoms with van der Waals surface area (Å²) >= 11 is 4.63. The van der Waals surface area contributed by atoms with Crippen LogP contribution in [0, 0.1) is 5.82 Å². The lowest BCUT2D eigenvalue weighted by molar-refractivity contribution is -0.132. The van der Waals surface area contributed by atoms with Crippen molar-refractivity contribution in [2.24, 2.45) is 0 Å². The van der Waals surface area contributed by atoms with Crippen LogP contribution in [-0.2, 0) is 16.0 Å². The molecule has 1 fully saturated rings. The highest BCUT2D eigenvalue weighted by molar-refractivity contribution is 9.10. The van der Waals surface area contributed by atoms with Gasteiger partial charge in [-0.1, -0.05) is 6.07 Å². The van der Waals surface area contributed by atoms with Crippen LogP contribution < -0.4 is 5.32 Å². The van der Waals surface area contributed by atoms with Crippen LogP contribution in [0.4, 0.5) is 4.39 Å². The van der Waals surface area contributed by atoms with Gasteiger partial charge < -0.3 is 10.2 Å². The second-order valence-corrected chi connectivity index (χ2v) is 6.23. The molecule has 0 saturated carbocycles. The Morgan fingerprint density at radius 1 is 1.50 bits per heavy atom. The first-order valence-corrected chi connectivity index (χ1v) is 8.07. The van der Waals surface area contributed by atoms with E-state index in [2.05, 4.69) is 21.2 Å². The van der Waals surface area contributed by atoms with Crippen LogP contribution in [0.1, 0.15) is 5.56 Å². The Balaban J connectivity index is 1.73. The van der Waals surface area contributed by atoms with Gasteiger partial charge in [-0.2, -0.15) is 0 Å². The van der Waals surface area contributed by atoms with Crippen LogP contribution in [0.15, 0.2) is 22.7 Å². The third-order valence-corrected chi connectivity index (χ3v) is 4.43. The highest BCUT2D eigenvalue weighted by atomic mass is 79.9. The Morgan fingerprint density at radius 3 is 2.95 bits per heavy atom. The Kier molecular flexibility index (Phi) is 5.42. The van der Waals surface area contributed by atoms with Crippen molar-refractivity contribution >= 4 is 39.5 Å². The van der Waals surface area contributed by atoms with Crippen LogP contribution in [0.3, 0.4) is 0 Å². The number of halogens is 2. The highest BCUT2D eigenvalue weighted by Gasteiger charge is 2.22. The molecule has 0 unspecified atom stereocenters. The van der Waals surface area contributed by atoms with Crippen molar-refractivity contribution in [1.29, 1.82) is 0 Å². The molecule has 1 aromatic carbocycles. The number of nitrogens with zero attached hydrogens (tertiary/aromatic N) is 1. The molecular weight excluding hydrogens is 347 g/mol. The average Bonchev–Trinajstić information content (AvgIpc) is 2.79. The summed E-state index contributed by atoms with van der Waals surface area (Å²) in [6, 6.07) is 4.77. The van der Waals surface area contributed by atoms with Gasteiger partial charge in [-0.3, -0.25) is 9.59 Å². The quantitative estimate of drug-likeness (QED) is 0.870. The molecule has 0 atom stereocenters. The molecule has 1 N–H and O–H groups in total. The average molecular weight is 361 g/mol. The number of amides is 2. The zero-order chi connectivity index (χ0) is 14.5. The highest BCUT2D eigenvalue weighted by Crippen LogP contribution is 2.17. The number of benzene rings is 1. The van der Waals surface area contributed by atoms with Crippen molar-refractivity contribution in [2.45, 2.75) is 6.42 Å². The van der Waals surface area contributed by atoms with Gasteiger partial charge in [0.2, 0.25) is 11.8 Å². The molecule has 2 amide bonds. The molecule has 1 aromatic rings. The normalized spacial score (nSPS) is 14.7. The number of rotatable bonds is 5. The Bertz CT molecular complexity index is 527. The van der Waals surface area contributed by atoms with Crippen LogP contribution in [0.5, 0.6) is 0 Å². The first-order valence-electron chi connectivity index (χ1n) is 6.12. The molecule has 7 heteroatoms. The monoisotopic (exact) mass is 360 g/mol. The van der Waals surface area contributed by atoms with E-state index in [1.165, 1.54) is 22.7 Å². The molecule has 1 aliphatic rings. The van der Waals surface area contributed by atoms with Crippen molar-refractivity contribution in [3.8, 4) is 0 Å². The lowest BCUT2D eigenvalue weighted by atomic mass is 10.1. The van der Waals surface area contributed by atoms with E-state index in [-0.39, 0.29) is 24.2 Å². The summed E-state index contributed by atoms with van der Waals surface area (Å²) in [5, 5.41) is 2.76. The molecule has 108 valence electrons. The molecule has 0 aliphatic carbocycles. The third kappa shape index (κ3) is 4.21. The van der Waals surface area contributed by atoms with Gasteiger partial charge in [-0.15, -0.1) is 11.8 Å². The minimum absolute atomic E-state index is 0.00705. The maximum absolute atomic E-state index is 13.1. The van der Waals surface area contributed by atoms with Gasteiger partial charge in [-0.25, -0.2) is 4.39 Å². The van der Waals surface area contributed by atoms with E-state index in [1.807, 2.05) is 0 Å².